The summed E-state index contributed by atoms with van der Waals surface area (Å²) >= 11 is 1.80. The van der Waals surface area contributed by atoms with Crippen LogP contribution in [0.5, 0.6) is 0 Å². The van der Waals surface area contributed by atoms with Crippen LogP contribution in [0.15, 0.2) is 61.3 Å². The number of hydrogen-bond acceptors (Lipinski definition) is 6. The molecule has 136 valence electrons. The van der Waals surface area contributed by atoms with Gasteiger partial charge in [0, 0.05) is 23.9 Å². The second-order valence-corrected chi connectivity index (χ2v) is 7.00. The molecule has 0 aliphatic rings. The van der Waals surface area contributed by atoms with Crippen molar-refractivity contribution in [1.29, 1.82) is 0 Å². The molecule has 0 aliphatic heterocycles. The summed E-state index contributed by atoms with van der Waals surface area (Å²) in [5.74, 6) is 3.44. The van der Waals surface area contributed by atoms with Crippen LogP contribution in [-0.2, 0) is 13.0 Å². The molecular formula is C19H19N7S. The van der Waals surface area contributed by atoms with Gasteiger partial charge in [0.15, 0.2) is 11.6 Å². The summed E-state index contributed by atoms with van der Waals surface area (Å²) in [7, 11) is 0. The first-order valence-electron chi connectivity index (χ1n) is 8.61. The molecule has 0 amide bonds. The standard InChI is InChI=1S/C19H19N7S/c1-27-10-8-17-23-19(26(24-17)12-15-5-3-2-4-6-15)16-7-9-20-18(11-16)25-13-21-22-14-25/h2-7,9,11,13-14H,8,10,12H2,1H3. The fraction of sp³-hybridized carbons (Fsp3) is 0.211. The summed E-state index contributed by atoms with van der Waals surface area (Å²) in [6, 6.07) is 14.2. The lowest BCUT2D eigenvalue weighted by molar-refractivity contribution is 0.680. The topological polar surface area (TPSA) is 74.3 Å². The van der Waals surface area contributed by atoms with E-state index < -0.39 is 0 Å². The average molecular weight is 377 g/mol. The van der Waals surface area contributed by atoms with Crippen LogP contribution in [-0.4, -0.2) is 46.5 Å². The molecule has 0 aliphatic carbocycles. The van der Waals surface area contributed by atoms with Crippen molar-refractivity contribution in [1.82, 2.24) is 34.5 Å². The van der Waals surface area contributed by atoms with Crippen LogP contribution in [0.25, 0.3) is 17.2 Å². The molecule has 3 aromatic heterocycles. The van der Waals surface area contributed by atoms with Gasteiger partial charge in [-0.2, -0.15) is 16.9 Å². The van der Waals surface area contributed by atoms with Gasteiger partial charge in [-0.25, -0.2) is 14.6 Å². The Morgan fingerprint density at radius 3 is 2.63 bits per heavy atom. The van der Waals surface area contributed by atoms with Crippen molar-refractivity contribution in [3.8, 4) is 17.2 Å². The smallest absolute Gasteiger partial charge is 0.158 e. The number of aromatic nitrogens is 7. The van der Waals surface area contributed by atoms with E-state index in [2.05, 4.69) is 33.6 Å². The number of aryl methyl sites for hydroxylation is 1. The molecular weight excluding hydrogens is 358 g/mol. The zero-order valence-corrected chi connectivity index (χ0v) is 15.8. The lowest BCUT2D eigenvalue weighted by atomic mass is 10.2. The maximum atomic E-state index is 4.81. The van der Waals surface area contributed by atoms with Gasteiger partial charge in [-0.3, -0.25) is 4.57 Å². The summed E-state index contributed by atoms with van der Waals surface area (Å²) in [5.41, 5.74) is 2.15. The maximum Gasteiger partial charge on any atom is 0.158 e. The van der Waals surface area contributed by atoms with Gasteiger partial charge in [-0.15, -0.1) is 10.2 Å². The monoisotopic (exact) mass is 377 g/mol. The summed E-state index contributed by atoms with van der Waals surface area (Å²) in [5, 5.41) is 12.5. The van der Waals surface area contributed by atoms with E-state index in [0.29, 0.717) is 6.54 Å². The molecule has 0 spiro atoms. The van der Waals surface area contributed by atoms with E-state index in [4.69, 9.17) is 10.1 Å². The number of hydrogen-bond donors (Lipinski definition) is 0. The molecule has 3 heterocycles. The molecule has 4 aromatic rings. The zero-order chi connectivity index (χ0) is 18.5. The normalized spacial score (nSPS) is 11.0. The Bertz CT molecular complexity index is 996. The highest BCUT2D eigenvalue weighted by Gasteiger charge is 2.14. The maximum absolute atomic E-state index is 4.81. The van der Waals surface area contributed by atoms with Crippen molar-refractivity contribution < 1.29 is 0 Å². The Labute approximate surface area is 161 Å². The Balaban J connectivity index is 1.72. The van der Waals surface area contributed by atoms with Gasteiger partial charge in [-0.05, 0) is 24.0 Å². The molecule has 27 heavy (non-hydrogen) atoms. The van der Waals surface area contributed by atoms with Crippen LogP contribution in [0.3, 0.4) is 0 Å². The quantitative estimate of drug-likeness (QED) is 0.493. The fourth-order valence-electron chi connectivity index (χ4n) is 2.79. The first-order valence-corrected chi connectivity index (χ1v) is 10.0. The second kappa shape index (κ2) is 8.13. The van der Waals surface area contributed by atoms with Crippen molar-refractivity contribution in [3.05, 3.63) is 72.7 Å². The molecule has 0 atom stereocenters. The van der Waals surface area contributed by atoms with Gasteiger partial charge < -0.3 is 0 Å². The molecule has 1 aromatic carbocycles. The van der Waals surface area contributed by atoms with E-state index >= 15 is 0 Å². The van der Waals surface area contributed by atoms with Crippen molar-refractivity contribution in [2.45, 2.75) is 13.0 Å². The van der Waals surface area contributed by atoms with E-state index in [0.717, 1.165) is 35.2 Å². The number of pyridine rings is 1. The Hall–Kier alpha value is -3.00. The molecule has 0 unspecified atom stereocenters. The van der Waals surface area contributed by atoms with Crippen LogP contribution < -0.4 is 0 Å². The Kier molecular flexibility index (Phi) is 5.24. The minimum atomic E-state index is 0.673. The molecule has 0 saturated heterocycles. The molecule has 0 N–H and O–H groups in total. The molecule has 7 nitrogen and oxygen atoms in total. The first kappa shape index (κ1) is 17.4. The van der Waals surface area contributed by atoms with E-state index in [1.54, 1.807) is 35.2 Å². The highest BCUT2D eigenvalue weighted by molar-refractivity contribution is 7.98. The Morgan fingerprint density at radius 1 is 1.04 bits per heavy atom. The predicted molar refractivity (Wildman–Crippen MR) is 106 cm³/mol. The largest absolute Gasteiger partial charge is 0.272 e. The van der Waals surface area contributed by atoms with E-state index in [-0.39, 0.29) is 0 Å². The predicted octanol–water partition coefficient (Wildman–Crippen LogP) is 2.87. The molecule has 0 saturated carbocycles. The number of thioether (sulfide) groups is 1. The van der Waals surface area contributed by atoms with Crippen molar-refractivity contribution in [3.63, 3.8) is 0 Å². The molecule has 8 heteroatoms. The lowest BCUT2D eigenvalue weighted by Crippen LogP contribution is -2.05. The molecule has 0 fully saturated rings. The first-order chi connectivity index (χ1) is 13.3. The summed E-state index contributed by atoms with van der Waals surface area (Å²) in [4.78, 5) is 9.21. The van der Waals surface area contributed by atoms with Gasteiger partial charge in [0.1, 0.15) is 18.5 Å². The molecule has 0 bridgehead atoms. The van der Waals surface area contributed by atoms with Crippen molar-refractivity contribution in [2.75, 3.05) is 12.0 Å². The molecule has 4 rings (SSSR count). The van der Waals surface area contributed by atoms with Gasteiger partial charge in [0.25, 0.3) is 0 Å². The van der Waals surface area contributed by atoms with Crippen molar-refractivity contribution in [2.24, 2.45) is 0 Å². The van der Waals surface area contributed by atoms with E-state index in [1.807, 2.05) is 35.0 Å². The third-order valence-corrected chi connectivity index (χ3v) is 4.72. The number of rotatable bonds is 7. The highest BCUT2D eigenvalue weighted by atomic mass is 32.2. The third-order valence-electron chi connectivity index (χ3n) is 4.11. The van der Waals surface area contributed by atoms with E-state index in [1.165, 1.54) is 5.56 Å². The van der Waals surface area contributed by atoms with Gasteiger partial charge in [0.2, 0.25) is 0 Å². The second-order valence-electron chi connectivity index (χ2n) is 6.01. The number of nitrogens with zero attached hydrogens (tertiary/aromatic N) is 7. The van der Waals surface area contributed by atoms with E-state index in [9.17, 15) is 0 Å². The lowest BCUT2D eigenvalue weighted by Gasteiger charge is -2.07. The Morgan fingerprint density at radius 2 is 1.85 bits per heavy atom. The summed E-state index contributed by atoms with van der Waals surface area (Å²) in [6.07, 6.45) is 7.97. The van der Waals surface area contributed by atoms with Gasteiger partial charge >= 0.3 is 0 Å². The van der Waals surface area contributed by atoms with Crippen LogP contribution in [0.2, 0.25) is 0 Å². The summed E-state index contributed by atoms with van der Waals surface area (Å²) in [6.45, 7) is 0.673. The van der Waals surface area contributed by atoms with Crippen LogP contribution in [0.4, 0.5) is 0 Å². The van der Waals surface area contributed by atoms with Gasteiger partial charge in [-0.1, -0.05) is 30.3 Å². The highest BCUT2D eigenvalue weighted by Crippen LogP contribution is 2.21. The zero-order valence-electron chi connectivity index (χ0n) is 14.9. The van der Waals surface area contributed by atoms with Crippen molar-refractivity contribution >= 4 is 11.8 Å². The minimum absolute atomic E-state index is 0.673. The van der Waals surface area contributed by atoms with Gasteiger partial charge in [0.05, 0.1) is 6.54 Å². The SMILES string of the molecule is CSCCc1nc(-c2ccnc(-n3cnnc3)c2)n(Cc2ccccc2)n1. The number of benzene rings is 1. The fourth-order valence-corrected chi connectivity index (χ4v) is 3.17. The van der Waals surface area contributed by atoms with Crippen LogP contribution in [0, 0.1) is 0 Å². The van der Waals surface area contributed by atoms with Crippen LogP contribution >= 0.6 is 11.8 Å². The molecule has 0 radical (unpaired) electrons. The van der Waals surface area contributed by atoms with Crippen LogP contribution in [0.1, 0.15) is 11.4 Å². The minimum Gasteiger partial charge on any atom is -0.272 e. The average Bonchev–Trinajstić information content (AvgIpc) is 3.38. The third kappa shape index (κ3) is 4.06. The summed E-state index contributed by atoms with van der Waals surface area (Å²) < 4.78 is 3.74.